The van der Waals surface area contributed by atoms with Crippen LogP contribution in [0.2, 0.25) is 0 Å². The number of nitrogens with one attached hydrogen (secondary N) is 1. The summed E-state index contributed by atoms with van der Waals surface area (Å²) in [5, 5.41) is 36.6. The first-order valence-corrected chi connectivity index (χ1v) is 18.2. The van der Waals surface area contributed by atoms with Crippen LogP contribution in [-0.2, 0) is 14.9 Å². The summed E-state index contributed by atoms with van der Waals surface area (Å²) >= 11 is 0. The Balaban J connectivity index is 1.27. The molecule has 1 amide bonds. The average molecular weight is 616 g/mol. The molecule has 4 fully saturated rings. The van der Waals surface area contributed by atoms with Crippen molar-refractivity contribution >= 4 is 16.0 Å². The predicted molar refractivity (Wildman–Crippen MR) is 163 cm³/mol. The van der Waals surface area contributed by atoms with E-state index in [9.17, 15) is 28.5 Å². The number of aliphatic hydroxyl groups excluding tert-OH is 3. The van der Waals surface area contributed by atoms with E-state index in [0.29, 0.717) is 48.2 Å². The second-order valence-corrected chi connectivity index (χ2v) is 17.3. The molecule has 42 heavy (non-hydrogen) atoms. The van der Waals surface area contributed by atoms with Crippen LogP contribution in [0.3, 0.4) is 0 Å². The van der Waals surface area contributed by atoms with E-state index in [1.807, 2.05) is 14.1 Å². The van der Waals surface area contributed by atoms with Crippen LogP contribution >= 0.6 is 0 Å². The second kappa shape index (κ2) is 12.9. The van der Waals surface area contributed by atoms with Crippen LogP contribution < -0.4 is 5.32 Å². The van der Waals surface area contributed by atoms with E-state index < -0.39 is 16.2 Å². The third-order valence-electron chi connectivity index (χ3n) is 12.8. The van der Waals surface area contributed by atoms with Gasteiger partial charge in [0.05, 0.1) is 51.2 Å². The van der Waals surface area contributed by atoms with Gasteiger partial charge in [-0.25, -0.2) is 0 Å². The Morgan fingerprint density at radius 1 is 1.00 bits per heavy atom. The number of hydrogen-bond donors (Lipinski definition) is 5. The molecule has 0 heterocycles. The van der Waals surface area contributed by atoms with Crippen molar-refractivity contribution in [2.24, 2.45) is 46.3 Å². The van der Waals surface area contributed by atoms with Crippen LogP contribution in [0, 0.1) is 46.3 Å². The van der Waals surface area contributed by atoms with Gasteiger partial charge in [-0.2, -0.15) is 8.42 Å². The molecule has 5 N–H and O–H groups in total. The van der Waals surface area contributed by atoms with Gasteiger partial charge in [-0.15, -0.1) is 0 Å². The van der Waals surface area contributed by atoms with Crippen molar-refractivity contribution in [1.29, 1.82) is 0 Å². The van der Waals surface area contributed by atoms with Crippen molar-refractivity contribution < 1.29 is 37.6 Å². The molecule has 4 aliphatic carbocycles. The number of carbonyl (C=O) groups excluding carboxylic acids is 1. The first-order chi connectivity index (χ1) is 19.5. The van der Waals surface area contributed by atoms with E-state index in [1.165, 1.54) is 0 Å². The van der Waals surface area contributed by atoms with E-state index in [2.05, 4.69) is 26.1 Å². The Hall–Kier alpha value is -0.780. The minimum atomic E-state index is -3.93. The quantitative estimate of drug-likeness (QED) is 0.129. The fraction of sp³-hybridized carbons (Fsp3) is 0.969. The first-order valence-electron chi connectivity index (χ1n) is 16.6. The zero-order valence-electron chi connectivity index (χ0n) is 26.7. The first kappa shape index (κ1) is 34.1. The molecule has 11 atom stereocenters. The molecule has 0 spiro atoms. The summed E-state index contributed by atoms with van der Waals surface area (Å²) in [5.41, 5.74) is -0.185. The number of carbonyl (C=O) groups is 1. The van der Waals surface area contributed by atoms with Crippen molar-refractivity contribution in [3.05, 3.63) is 0 Å². The van der Waals surface area contributed by atoms with E-state index in [0.717, 1.165) is 64.3 Å². The maximum Gasteiger partial charge on any atom is 0.265 e. The van der Waals surface area contributed by atoms with Gasteiger partial charge in [-0.3, -0.25) is 9.35 Å². The van der Waals surface area contributed by atoms with Crippen LogP contribution in [0.5, 0.6) is 0 Å². The molecule has 0 unspecified atom stereocenters. The van der Waals surface area contributed by atoms with Gasteiger partial charge < -0.3 is 25.1 Å². The van der Waals surface area contributed by atoms with Gasteiger partial charge in [0.25, 0.3) is 10.1 Å². The minimum absolute atomic E-state index is 0.0450. The van der Waals surface area contributed by atoms with Crippen LogP contribution in [0.15, 0.2) is 0 Å². The van der Waals surface area contributed by atoms with Crippen molar-refractivity contribution in [1.82, 2.24) is 5.32 Å². The highest BCUT2D eigenvalue weighted by Gasteiger charge is 2.65. The third-order valence-corrected chi connectivity index (χ3v) is 13.6. The molecule has 0 radical (unpaired) electrons. The van der Waals surface area contributed by atoms with E-state index in [4.69, 9.17) is 4.55 Å². The largest absolute Gasteiger partial charge is 0.393 e. The molecule has 0 aromatic carbocycles. The topological polar surface area (TPSA) is 144 Å². The average Bonchev–Trinajstić information content (AvgIpc) is 3.24. The lowest BCUT2D eigenvalue weighted by atomic mass is 9.43. The van der Waals surface area contributed by atoms with E-state index in [-0.39, 0.29) is 52.5 Å². The van der Waals surface area contributed by atoms with Crippen molar-refractivity contribution in [2.45, 2.75) is 110 Å². The van der Waals surface area contributed by atoms with Gasteiger partial charge >= 0.3 is 0 Å². The molecule has 0 aliphatic heterocycles. The Bertz CT molecular complexity index is 1050. The van der Waals surface area contributed by atoms with Crippen molar-refractivity contribution in [2.75, 3.05) is 39.5 Å². The fourth-order valence-electron chi connectivity index (χ4n) is 10.3. The molecule has 9 nitrogen and oxygen atoms in total. The second-order valence-electron chi connectivity index (χ2n) is 15.8. The number of amides is 1. The number of rotatable bonds is 12. The minimum Gasteiger partial charge on any atom is -0.393 e. The number of hydrogen-bond acceptors (Lipinski definition) is 6. The third kappa shape index (κ3) is 7.20. The van der Waals surface area contributed by atoms with Crippen LogP contribution in [0.25, 0.3) is 0 Å². The maximum atomic E-state index is 12.7. The number of aliphatic hydroxyl groups is 3. The standard InChI is InChI=1S/C32H58N2O7S/c1-21(8-11-29(38)33-14-6-15-34(4,5)16-7-17-42(39,40)41)24-9-10-25-30-26(20-28(37)32(24,25)3)31(2)13-12-23(35)18-22(31)19-27(30)36/h21-28,30,35-37H,6-20H2,1-5H3,(H-,33,38,39,40,41)/p+1/t21-,22-,23+,24+,25-,26-,27+,28-,30-,31-,32+/m0/s1. The van der Waals surface area contributed by atoms with Crippen LogP contribution in [-0.4, -0.2) is 96.5 Å². The molecular weight excluding hydrogens is 556 g/mol. The number of nitrogens with zero attached hydrogens (tertiary/aromatic N) is 1. The molecule has 0 bridgehead atoms. The normalized spacial score (nSPS) is 41.0. The molecule has 4 rings (SSSR count). The zero-order chi connectivity index (χ0) is 31.1. The Kier molecular flexibility index (Phi) is 10.5. The monoisotopic (exact) mass is 615 g/mol. The zero-order valence-corrected chi connectivity index (χ0v) is 27.5. The van der Waals surface area contributed by atoms with E-state index in [1.54, 1.807) is 0 Å². The summed E-state index contributed by atoms with van der Waals surface area (Å²) in [7, 11) is 0.114. The molecular formula is C32H59N2O7S+. The summed E-state index contributed by atoms with van der Waals surface area (Å²) in [5.74, 6) is 1.52. The molecule has 0 aromatic rings. The van der Waals surface area contributed by atoms with Gasteiger partial charge in [-0.1, -0.05) is 20.8 Å². The Morgan fingerprint density at radius 3 is 2.38 bits per heavy atom. The van der Waals surface area contributed by atoms with Gasteiger partial charge in [0.2, 0.25) is 5.91 Å². The lowest BCUT2D eigenvalue weighted by Gasteiger charge is -2.63. The summed E-state index contributed by atoms with van der Waals surface area (Å²) < 4.78 is 31.5. The molecule has 4 saturated carbocycles. The Morgan fingerprint density at radius 2 is 1.69 bits per heavy atom. The lowest BCUT2D eigenvalue weighted by Crippen LogP contribution is -2.62. The van der Waals surface area contributed by atoms with E-state index >= 15 is 0 Å². The lowest BCUT2D eigenvalue weighted by molar-refractivity contribution is -0.890. The highest BCUT2D eigenvalue weighted by Crippen LogP contribution is 2.68. The summed E-state index contributed by atoms with van der Waals surface area (Å²) in [4.78, 5) is 12.7. The highest BCUT2D eigenvalue weighted by atomic mass is 32.2. The number of fused-ring (bicyclic) bond motifs is 5. The molecule has 4 aliphatic rings. The van der Waals surface area contributed by atoms with Crippen molar-refractivity contribution in [3.8, 4) is 0 Å². The Labute approximate surface area is 254 Å². The number of quaternary nitrogens is 1. The smallest absolute Gasteiger partial charge is 0.265 e. The highest BCUT2D eigenvalue weighted by molar-refractivity contribution is 7.85. The van der Waals surface area contributed by atoms with Crippen molar-refractivity contribution in [3.63, 3.8) is 0 Å². The molecule has 0 saturated heterocycles. The SMILES string of the molecule is C[C@@H](CCC(=O)NCCC[N+](C)(C)CCCS(=O)(=O)O)[C@H]1CC[C@H]2[C@@H]3[C@H](O)C[C@@H]4C[C@H](O)CC[C@]4(C)[C@H]3C[C@H](O)[C@]12C. The van der Waals surface area contributed by atoms with Crippen LogP contribution in [0.1, 0.15) is 91.4 Å². The van der Waals surface area contributed by atoms with Crippen LogP contribution in [0.4, 0.5) is 0 Å². The molecule has 244 valence electrons. The van der Waals surface area contributed by atoms with Gasteiger partial charge in [-0.05, 0) is 97.7 Å². The van der Waals surface area contributed by atoms with Gasteiger partial charge in [0, 0.05) is 25.8 Å². The summed E-state index contributed by atoms with van der Waals surface area (Å²) in [6.45, 7) is 8.87. The maximum absolute atomic E-state index is 12.7. The summed E-state index contributed by atoms with van der Waals surface area (Å²) in [6.07, 6.45) is 7.47. The fourth-order valence-corrected chi connectivity index (χ4v) is 10.8. The predicted octanol–water partition coefficient (Wildman–Crippen LogP) is 3.22. The molecule has 10 heteroatoms. The van der Waals surface area contributed by atoms with Gasteiger partial charge in [0.15, 0.2) is 0 Å². The molecule has 0 aromatic heterocycles. The summed E-state index contributed by atoms with van der Waals surface area (Å²) in [6, 6.07) is 0. The van der Waals surface area contributed by atoms with Gasteiger partial charge in [0.1, 0.15) is 0 Å².